The third-order valence-electron chi connectivity index (χ3n) is 4.90. The van der Waals surface area contributed by atoms with E-state index in [2.05, 4.69) is 0 Å². The van der Waals surface area contributed by atoms with Gasteiger partial charge in [0.05, 0.1) is 131 Å². The molecule has 0 bridgehead atoms. The molecule has 0 atom stereocenters. The van der Waals surface area contributed by atoms with Crippen LogP contribution in [0.1, 0.15) is 26.7 Å². The van der Waals surface area contributed by atoms with Gasteiger partial charge in [0, 0.05) is 0 Å². The van der Waals surface area contributed by atoms with Crippen LogP contribution in [0.4, 0.5) is 0 Å². The van der Waals surface area contributed by atoms with Gasteiger partial charge in [-0.1, -0.05) is 13.8 Å². The molecule has 0 rings (SSSR count). The summed E-state index contributed by atoms with van der Waals surface area (Å²) in [6.45, 7) is 12.6. The van der Waals surface area contributed by atoms with Crippen molar-refractivity contribution in [2.24, 2.45) is 0 Å². The Kier molecular flexibility index (Phi) is 27.8. The Morgan fingerprint density at radius 3 is 0.857 bits per heavy atom. The van der Waals surface area contributed by atoms with Crippen LogP contribution in [0.2, 0.25) is 0 Å². The van der Waals surface area contributed by atoms with Crippen LogP contribution >= 0.6 is 0 Å². The molecule has 0 aliphatic rings. The van der Waals surface area contributed by atoms with Crippen molar-refractivity contribution in [1.29, 1.82) is 0 Å². The van der Waals surface area contributed by atoms with Crippen molar-refractivity contribution in [2.75, 3.05) is 126 Å². The predicted molar refractivity (Wildman–Crippen MR) is 130 cm³/mol. The Balaban J connectivity index is 3.09. The van der Waals surface area contributed by atoms with Gasteiger partial charge < -0.3 is 52.8 Å². The van der Waals surface area contributed by atoms with Gasteiger partial charge in [-0.25, -0.2) is 0 Å². The summed E-state index contributed by atoms with van der Waals surface area (Å²) in [5.41, 5.74) is -0.729. The van der Waals surface area contributed by atoms with Crippen molar-refractivity contribution < 1.29 is 52.8 Å². The van der Waals surface area contributed by atoms with Crippen LogP contribution in [0.25, 0.3) is 0 Å². The Morgan fingerprint density at radius 2 is 0.629 bits per heavy atom. The number of hydrogen-bond donors (Lipinski definition) is 2. The Hall–Kier alpha value is -0.440. The zero-order chi connectivity index (χ0) is 25.7. The lowest BCUT2D eigenvalue weighted by Crippen LogP contribution is -2.33. The van der Waals surface area contributed by atoms with E-state index in [1.165, 1.54) is 0 Å². The Bertz CT molecular complexity index is 398. The second-order valence-electron chi connectivity index (χ2n) is 7.61. The van der Waals surface area contributed by atoms with Crippen molar-refractivity contribution in [2.45, 2.75) is 32.3 Å². The molecule has 11 heteroatoms. The number of aliphatic hydroxyl groups excluding tert-OH is 1. The highest BCUT2D eigenvalue weighted by molar-refractivity contribution is 4.73. The maximum atomic E-state index is 10.1. The molecule has 0 radical (unpaired) electrons. The fraction of sp³-hybridized carbons (Fsp3) is 1.00. The zero-order valence-corrected chi connectivity index (χ0v) is 21.9. The molecule has 35 heavy (non-hydrogen) atoms. The lowest BCUT2D eigenvalue weighted by atomic mass is 9.99. The van der Waals surface area contributed by atoms with E-state index in [1.54, 1.807) is 0 Å². The van der Waals surface area contributed by atoms with Crippen LogP contribution in [0.5, 0.6) is 0 Å². The lowest BCUT2D eigenvalue weighted by molar-refractivity contribution is -0.0658. The minimum Gasteiger partial charge on any atom is -0.394 e. The maximum Gasteiger partial charge on any atom is 0.0874 e. The number of ether oxygens (including phenoxy) is 9. The van der Waals surface area contributed by atoms with E-state index < -0.39 is 5.60 Å². The van der Waals surface area contributed by atoms with Crippen molar-refractivity contribution in [3.63, 3.8) is 0 Å². The van der Waals surface area contributed by atoms with Crippen LogP contribution in [0.15, 0.2) is 0 Å². The normalized spacial score (nSPS) is 12.0. The lowest BCUT2D eigenvalue weighted by Gasteiger charge is -2.24. The quantitative estimate of drug-likeness (QED) is 0.132. The molecular formula is C24H50O11. The highest BCUT2D eigenvalue weighted by Gasteiger charge is 2.21. The van der Waals surface area contributed by atoms with E-state index >= 15 is 0 Å². The molecule has 0 unspecified atom stereocenters. The van der Waals surface area contributed by atoms with Gasteiger partial charge in [-0.2, -0.15) is 0 Å². The molecule has 0 aromatic heterocycles. The van der Waals surface area contributed by atoms with E-state index in [-0.39, 0.29) is 6.61 Å². The third kappa shape index (κ3) is 26.4. The molecule has 11 nitrogen and oxygen atoms in total. The van der Waals surface area contributed by atoms with E-state index in [4.69, 9.17) is 47.7 Å². The summed E-state index contributed by atoms with van der Waals surface area (Å²) in [5, 5.41) is 18.6. The van der Waals surface area contributed by atoms with E-state index in [0.717, 1.165) is 0 Å². The summed E-state index contributed by atoms with van der Waals surface area (Å²) in [4.78, 5) is 0. The highest BCUT2D eigenvalue weighted by Crippen LogP contribution is 2.14. The first-order valence-corrected chi connectivity index (χ1v) is 12.7. The summed E-state index contributed by atoms with van der Waals surface area (Å²) in [6.07, 6.45) is 1.36. The van der Waals surface area contributed by atoms with Crippen molar-refractivity contribution in [3.8, 4) is 0 Å². The first kappa shape index (κ1) is 34.6. The van der Waals surface area contributed by atoms with E-state index in [1.807, 2.05) is 13.8 Å². The smallest absolute Gasteiger partial charge is 0.0874 e. The largest absolute Gasteiger partial charge is 0.394 e. The van der Waals surface area contributed by atoms with Crippen LogP contribution in [0.3, 0.4) is 0 Å². The SMILES string of the molecule is CCC(O)(CC)COCCOCCOCCOCCOCCOCCOCCOCCOCCO. The summed E-state index contributed by atoms with van der Waals surface area (Å²) < 4.78 is 48.4. The summed E-state index contributed by atoms with van der Waals surface area (Å²) in [6, 6.07) is 0. The van der Waals surface area contributed by atoms with E-state index in [9.17, 15) is 5.11 Å². The standard InChI is InChI=1S/C24H50O11/c1-3-24(26,4-2)23-35-22-21-34-20-19-33-18-17-32-16-15-31-14-13-30-12-11-29-10-9-28-8-7-27-6-5-25/h25-26H,3-23H2,1-2H3. The van der Waals surface area contributed by atoms with Crippen molar-refractivity contribution >= 4 is 0 Å². The zero-order valence-electron chi connectivity index (χ0n) is 21.9. The topological polar surface area (TPSA) is 124 Å². The van der Waals surface area contributed by atoms with Gasteiger partial charge in [-0.3, -0.25) is 0 Å². The van der Waals surface area contributed by atoms with Crippen LogP contribution in [-0.2, 0) is 42.6 Å². The molecule has 0 amide bonds. The number of hydrogen-bond acceptors (Lipinski definition) is 11. The molecule has 0 spiro atoms. The van der Waals surface area contributed by atoms with Crippen LogP contribution in [-0.4, -0.2) is 141 Å². The second-order valence-corrected chi connectivity index (χ2v) is 7.61. The van der Waals surface area contributed by atoms with Crippen molar-refractivity contribution in [3.05, 3.63) is 0 Å². The molecule has 0 heterocycles. The molecule has 0 aromatic carbocycles. The molecule has 0 aromatic rings. The Morgan fingerprint density at radius 1 is 0.400 bits per heavy atom. The average molecular weight is 515 g/mol. The molecule has 0 saturated heterocycles. The predicted octanol–water partition coefficient (Wildman–Crippen LogP) is 0.679. The number of rotatable bonds is 30. The van der Waals surface area contributed by atoms with Gasteiger partial charge in [-0.15, -0.1) is 0 Å². The van der Waals surface area contributed by atoms with Crippen LogP contribution in [0, 0.1) is 0 Å². The molecular weight excluding hydrogens is 464 g/mol. The molecule has 0 saturated carbocycles. The minimum atomic E-state index is -0.729. The van der Waals surface area contributed by atoms with Gasteiger partial charge in [0.25, 0.3) is 0 Å². The molecule has 212 valence electrons. The summed E-state index contributed by atoms with van der Waals surface area (Å²) in [7, 11) is 0. The minimum absolute atomic E-state index is 0.0271. The van der Waals surface area contributed by atoms with Gasteiger partial charge in [0.2, 0.25) is 0 Å². The highest BCUT2D eigenvalue weighted by atomic mass is 16.6. The average Bonchev–Trinajstić information content (AvgIpc) is 2.88. The van der Waals surface area contributed by atoms with Crippen LogP contribution < -0.4 is 0 Å². The van der Waals surface area contributed by atoms with Crippen molar-refractivity contribution in [1.82, 2.24) is 0 Å². The monoisotopic (exact) mass is 514 g/mol. The maximum absolute atomic E-state index is 10.1. The molecule has 2 N–H and O–H groups in total. The summed E-state index contributed by atoms with van der Waals surface area (Å²) >= 11 is 0. The fourth-order valence-electron chi connectivity index (χ4n) is 2.54. The second kappa shape index (κ2) is 28.1. The first-order valence-electron chi connectivity index (χ1n) is 12.7. The number of aliphatic hydroxyl groups is 2. The first-order chi connectivity index (χ1) is 17.2. The fourth-order valence-corrected chi connectivity index (χ4v) is 2.54. The molecule has 0 fully saturated rings. The van der Waals surface area contributed by atoms with Gasteiger partial charge >= 0.3 is 0 Å². The van der Waals surface area contributed by atoms with E-state index in [0.29, 0.717) is 132 Å². The van der Waals surface area contributed by atoms with Gasteiger partial charge in [0.15, 0.2) is 0 Å². The molecule has 0 aliphatic heterocycles. The molecule has 0 aliphatic carbocycles. The summed E-state index contributed by atoms with van der Waals surface area (Å²) in [5.74, 6) is 0. The third-order valence-corrected chi connectivity index (χ3v) is 4.90. The van der Waals surface area contributed by atoms with Gasteiger partial charge in [0.1, 0.15) is 0 Å². The van der Waals surface area contributed by atoms with Gasteiger partial charge in [-0.05, 0) is 12.8 Å². The Labute approximate surface area is 211 Å².